The van der Waals surface area contributed by atoms with Gasteiger partial charge in [-0.15, -0.1) is 10.2 Å². The zero-order valence-electron chi connectivity index (χ0n) is 11.3. The minimum Gasteiger partial charge on any atom is -0.490 e. The Morgan fingerprint density at radius 1 is 1.48 bits per heavy atom. The molecule has 0 bridgehead atoms. The van der Waals surface area contributed by atoms with Gasteiger partial charge >= 0.3 is 0 Å². The molecule has 1 N–H and O–H groups in total. The van der Waals surface area contributed by atoms with E-state index >= 15 is 0 Å². The summed E-state index contributed by atoms with van der Waals surface area (Å²) in [5, 5.41) is 11.9. The summed E-state index contributed by atoms with van der Waals surface area (Å²) in [4.78, 5) is 23.6. The number of carbonyl (C=O) groups excluding carboxylic acids is 1. The van der Waals surface area contributed by atoms with E-state index in [-0.39, 0.29) is 11.5 Å². The Kier molecular flexibility index (Phi) is 3.70. The number of ether oxygens (including phenoxy) is 1. The lowest BCUT2D eigenvalue weighted by molar-refractivity contribution is 0.0993. The van der Waals surface area contributed by atoms with E-state index in [0.717, 1.165) is 30.2 Å². The maximum atomic E-state index is 12.0. The molecule has 1 aliphatic carbocycles. The van der Waals surface area contributed by atoms with Gasteiger partial charge < -0.3 is 9.15 Å². The number of hydrogen-bond acceptors (Lipinski definition) is 7. The van der Waals surface area contributed by atoms with Crippen LogP contribution in [0.25, 0.3) is 0 Å². The van der Waals surface area contributed by atoms with E-state index in [4.69, 9.17) is 9.15 Å². The number of hydrogen-bond donors (Lipinski definition) is 1. The Hall–Kier alpha value is -2.22. The van der Waals surface area contributed by atoms with Crippen molar-refractivity contribution in [3.05, 3.63) is 33.3 Å². The van der Waals surface area contributed by atoms with Crippen LogP contribution in [0.4, 0.5) is 5.13 Å². The zero-order valence-corrected chi connectivity index (χ0v) is 12.1. The monoisotopic (exact) mass is 307 g/mol. The molecule has 0 saturated heterocycles. The van der Waals surface area contributed by atoms with Gasteiger partial charge in [0.25, 0.3) is 5.91 Å². The Balaban J connectivity index is 1.72. The third-order valence-corrected chi connectivity index (χ3v) is 4.36. The van der Waals surface area contributed by atoms with Crippen LogP contribution in [0.3, 0.4) is 0 Å². The molecule has 2 heterocycles. The van der Waals surface area contributed by atoms with Crippen LogP contribution in [0, 0.1) is 0 Å². The lowest BCUT2D eigenvalue weighted by atomic mass is 9.86. The second-order valence-corrected chi connectivity index (χ2v) is 5.71. The summed E-state index contributed by atoms with van der Waals surface area (Å²) in [6.45, 7) is 0. The average molecular weight is 307 g/mol. The standard InChI is InChI=1S/C13H13N3O4S/c1-19-10-6-20-9(5-8(10)17)11(18)14-13-16-15-12(21-13)7-3-2-4-7/h5-7H,2-4H2,1H3,(H,14,16,18). The maximum absolute atomic E-state index is 12.0. The normalized spacial score (nSPS) is 14.5. The molecule has 7 nitrogen and oxygen atoms in total. The first-order chi connectivity index (χ1) is 10.2. The first-order valence-electron chi connectivity index (χ1n) is 6.49. The number of rotatable bonds is 4. The molecule has 0 unspecified atom stereocenters. The molecule has 110 valence electrons. The van der Waals surface area contributed by atoms with Crippen molar-refractivity contribution in [2.75, 3.05) is 12.4 Å². The van der Waals surface area contributed by atoms with Gasteiger partial charge in [0.1, 0.15) is 11.3 Å². The van der Waals surface area contributed by atoms with Crippen molar-refractivity contribution < 1.29 is 13.9 Å². The molecule has 0 radical (unpaired) electrons. The molecule has 0 aliphatic heterocycles. The quantitative estimate of drug-likeness (QED) is 0.928. The first kappa shape index (κ1) is 13.7. The molecule has 1 fully saturated rings. The molecule has 3 rings (SSSR count). The van der Waals surface area contributed by atoms with Crippen molar-refractivity contribution in [2.24, 2.45) is 0 Å². The third-order valence-electron chi connectivity index (χ3n) is 3.36. The number of carbonyl (C=O) groups is 1. The molecule has 8 heteroatoms. The lowest BCUT2D eigenvalue weighted by Crippen LogP contribution is -2.15. The van der Waals surface area contributed by atoms with Crippen LogP contribution in [0.2, 0.25) is 0 Å². The molecular weight excluding hydrogens is 294 g/mol. The van der Waals surface area contributed by atoms with Crippen LogP contribution in [0.5, 0.6) is 5.75 Å². The highest BCUT2D eigenvalue weighted by Gasteiger charge is 2.24. The van der Waals surface area contributed by atoms with Crippen LogP contribution >= 0.6 is 11.3 Å². The van der Waals surface area contributed by atoms with Gasteiger partial charge in [-0.05, 0) is 12.8 Å². The van der Waals surface area contributed by atoms with Crippen molar-refractivity contribution in [3.8, 4) is 5.75 Å². The fourth-order valence-electron chi connectivity index (χ4n) is 1.93. The number of aromatic nitrogens is 2. The summed E-state index contributed by atoms with van der Waals surface area (Å²) in [5.41, 5.74) is -0.415. The highest BCUT2D eigenvalue weighted by molar-refractivity contribution is 7.15. The predicted molar refractivity (Wildman–Crippen MR) is 76.0 cm³/mol. The Labute approximate surface area is 124 Å². The van der Waals surface area contributed by atoms with Gasteiger partial charge in [-0.3, -0.25) is 14.9 Å². The molecule has 0 spiro atoms. The van der Waals surface area contributed by atoms with Crippen molar-refractivity contribution in [2.45, 2.75) is 25.2 Å². The van der Waals surface area contributed by atoms with Crippen LogP contribution < -0.4 is 15.5 Å². The molecule has 1 saturated carbocycles. The van der Waals surface area contributed by atoms with Crippen LogP contribution in [0.15, 0.2) is 21.5 Å². The summed E-state index contributed by atoms with van der Waals surface area (Å²) in [6.07, 6.45) is 4.56. The van der Waals surface area contributed by atoms with Crippen molar-refractivity contribution in [3.63, 3.8) is 0 Å². The molecule has 1 amide bonds. The molecule has 0 aromatic carbocycles. The number of amides is 1. The highest BCUT2D eigenvalue weighted by Crippen LogP contribution is 2.38. The second kappa shape index (κ2) is 5.65. The van der Waals surface area contributed by atoms with Gasteiger partial charge in [0.05, 0.1) is 7.11 Å². The summed E-state index contributed by atoms with van der Waals surface area (Å²) >= 11 is 1.35. The number of nitrogens with zero attached hydrogens (tertiary/aromatic N) is 2. The van der Waals surface area contributed by atoms with Crippen molar-refractivity contribution in [1.82, 2.24) is 10.2 Å². The van der Waals surface area contributed by atoms with Gasteiger partial charge in [0.15, 0.2) is 5.76 Å². The minimum atomic E-state index is -0.536. The smallest absolute Gasteiger partial charge is 0.293 e. The lowest BCUT2D eigenvalue weighted by Gasteiger charge is -2.21. The Morgan fingerprint density at radius 3 is 2.90 bits per heavy atom. The van der Waals surface area contributed by atoms with E-state index in [0.29, 0.717) is 11.0 Å². The van der Waals surface area contributed by atoms with E-state index in [1.54, 1.807) is 0 Å². The van der Waals surface area contributed by atoms with E-state index in [1.165, 1.54) is 24.9 Å². The zero-order chi connectivity index (χ0) is 14.8. The maximum Gasteiger partial charge on any atom is 0.293 e. The van der Waals surface area contributed by atoms with Gasteiger partial charge in [-0.2, -0.15) is 0 Å². The molecule has 0 atom stereocenters. The predicted octanol–water partition coefficient (Wildman–Crippen LogP) is 2.02. The molecule has 1 aliphatic rings. The SMILES string of the molecule is COc1coc(C(=O)Nc2nnc(C3CCC3)s2)cc1=O. The van der Waals surface area contributed by atoms with Gasteiger partial charge in [0, 0.05) is 12.0 Å². The van der Waals surface area contributed by atoms with Gasteiger partial charge in [-0.25, -0.2) is 0 Å². The molecular formula is C13H13N3O4S. The number of anilines is 1. The molecule has 2 aromatic rings. The van der Waals surface area contributed by atoms with E-state index in [1.807, 2.05) is 0 Å². The Bertz CT molecular complexity index is 720. The molecule has 21 heavy (non-hydrogen) atoms. The topological polar surface area (TPSA) is 94.3 Å². The van der Waals surface area contributed by atoms with Crippen LogP contribution in [-0.4, -0.2) is 23.2 Å². The highest BCUT2D eigenvalue weighted by atomic mass is 32.1. The largest absolute Gasteiger partial charge is 0.490 e. The van der Waals surface area contributed by atoms with Crippen LogP contribution in [0.1, 0.15) is 40.7 Å². The number of nitrogens with one attached hydrogen (secondary N) is 1. The second-order valence-electron chi connectivity index (χ2n) is 4.70. The molecule has 2 aromatic heterocycles. The van der Waals surface area contributed by atoms with Crippen LogP contribution in [-0.2, 0) is 0 Å². The van der Waals surface area contributed by atoms with Gasteiger partial charge in [0.2, 0.25) is 16.3 Å². The first-order valence-corrected chi connectivity index (χ1v) is 7.30. The fraction of sp³-hybridized carbons (Fsp3) is 0.385. The number of methoxy groups -OCH3 is 1. The Morgan fingerprint density at radius 2 is 2.29 bits per heavy atom. The van der Waals surface area contributed by atoms with Crippen molar-refractivity contribution >= 4 is 22.4 Å². The minimum absolute atomic E-state index is 0.0507. The van der Waals surface area contributed by atoms with Gasteiger partial charge in [-0.1, -0.05) is 17.8 Å². The van der Waals surface area contributed by atoms with Crippen molar-refractivity contribution in [1.29, 1.82) is 0 Å². The summed E-state index contributed by atoms with van der Waals surface area (Å²) in [6, 6.07) is 1.09. The average Bonchev–Trinajstić information content (AvgIpc) is 2.84. The van der Waals surface area contributed by atoms with E-state index in [9.17, 15) is 9.59 Å². The van der Waals surface area contributed by atoms with E-state index < -0.39 is 11.3 Å². The fourth-order valence-corrected chi connectivity index (χ4v) is 2.84. The summed E-state index contributed by atoms with van der Waals surface area (Å²) in [7, 11) is 1.36. The third kappa shape index (κ3) is 2.80. The van der Waals surface area contributed by atoms with E-state index in [2.05, 4.69) is 15.5 Å². The summed E-state index contributed by atoms with van der Waals surface area (Å²) in [5.74, 6) is -0.117. The summed E-state index contributed by atoms with van der Waals surface area (Å²) < 4.78 is 9.86.